The van der Waals surface area contributed by atoms with Gasteiger partial charge in [0.15, 0.2) is 0 Å². The molecule has 0 saturated heterocycles. The van der Waals surface area contributed by atoms with E-state index in [2.05, 4.69) is 37.0 Å². The first-order valence-corrected chi connectivity index (χ1v) is 5.61. The van der Waals surface area contributed by atoms with Crippen LogP contribution in [0.4, 0.5) is 0 Å². The van der Waals surface area contributed by atoms with Gasteiger partial charge in [0.05, 0.1) is 0 Å². The summed E-state index contributed by atoms with van der Waals surface area (Å²) >= 11 is 0. The van der Waals surface area contributed by atoms with Crippen LogP contribution in [0.1, 0.15) is 39.2 Å². The highest BCUT2D eigenvalue weighted by molar-refractivity contribution is 5.84. The van der Waals surface area contributed by atoms with Crippen molar-refractivity contribution in [1.29, 1.82) is 0 Å². The van der Waals surface area contributed by atoms with Gasteiger partial charge < -0.3 is 0 Å². The Bertz CT molecular complexity index is 413. The van der Waals surface area contributed by atoms with E-state index >= 15 is 0 Å². The molecule has 1 nitrogen and oxygen atoms in total. The van der Waals surface area contributed by atoms with Crippen LogP contribution in [0.2, 0.25) is 0 Å². The van der Waals surface area contributed by atoms with Crippen molar-refractivity contribution >= 4 is 10.8 Å². The molecule has 0 spiro atoms. The van der Waals surface area contributed by atoms with Gasteiger partial charge >= 0.3 is 0 Å². The molecule has 0 atom stereocenters. The average Bonchev–Trinajstić information content (AvgIpc) is 2.31. The van der Waals surface area contributed by atoms with E-state index in [0.717, 1.165) is 0 Å². The molecule has 0 saturated carbocycles. The largest absolute Gasteiger partial charge is 0.264 e. The Hall–Kier alpha value is -1.37. The molecule has 0 unspecified atom stereocenters. The summed E-state index contributed by atoms with van der Waals surface area (Å²) in [6.07, 6.45) is 3.88. The van der Waals surface area contributed by atoms with Crippen molar-refractivity contribution in [3.63, 3.8) is 0 Å². The lowest BCUT2D eigenvalue weighted by atomic mass is 9.99. The molecule has 0 radical (unpaired) electrons. The third-order valence-electron chi connectivity index (χ3n) is 2.32. The van der Waals surface area contributed by atoms with Crippen LogP contribution in [0, 0.1) is 0 Å². The predicted molar refractivity (Wildman–Crippen MR) is 67.2 cm³/mol. The normalized spacial score (nSPS) is 9.93. The standard InChI is InChI=1S/C12H13N.C2H6/c1-9(2)12-8-13-7-10-5-3-4-6-11(10)12;1-2/h3-9H,1-2H3;1-2H3. The number of aromatic nitrogens is 1. The van der Waals surface area contributed by atoms with Gasteiger partial charge in [-0.05, 0) is 16.9 Å². The maximum atomic E-state index is 4.23. The summed E-state index contributed by atoms with van der Waals surface area (Å²) in [7, 11) is 0. The Balaban J connectivity index is 0.000000531. The summed E-state index contributed by atoms with van der Waals surface area (Å²) in [6.45, 7) is 8.40. The maximum Gasteiger partial charge on any atom is 0.0346 e. The van der Waals surface area contributed by atoms with Gasteiger partial charge in [-0.3, -0.25) is 4.98 Å². The van der Waals surface area contributed by atoms with Crippen molar-refractivity contribution in [2.24, 2.45) is 0 Å². The molecular weight excluding hydrogens is 182 g/mol. The van der Waals surface area contributed by atoms with Crippen LogP contribution in [0.3, 0.4) is 0 Å². The molecule has 0 amide bonds. The van der Waals surface area contributed by atoms with Crippen molar-refractivity contribution in [2.45, 2.75) is 33.6 Å². The van der Waals surface area contributed by atoms with Crippen molar-refractivity contribution in [3.05, 3.63) is 42.2 Å². The second-order valence-corrected chi connectivity index (χ2v) is 3.60. The fourth-order valence-corrected chi connectivity index (χ4v) is 1.60. The summed E-state index contributed by atoms with van der Waals surface area (Å²) in [5.41, 5.74) is 1.33. The van der Waals surface area contributed by atoms with E-state index in [1.807, 2.05) is 32.3 Å². The minimum absolute atomic E-state index is 0.540. The molecule has 0 N–H and O–H groups in total. The van der Waals surface area contributed by atoms with Gasteiger partial charge in [0.25, 0.3) is 0 Å². The van der Waals surface area contributed by atoms with Crippen molar-refractivity contribution < 1.29 is 0 Å². The minimum Gasteiger partial charge on any atom is -0.264 e. The first-order chi connectivity index (χ1) is 7.29. The highest BCUT2D eigenvalue weighted by Gasteiger charge is 2.03. The Morgan fingerprint density at radius 3 is 2.33 bits per heavy atom. The predicted octanol–water partition coefficient (Wildman–Crippen LogP) is 4.38. The lowest BCUT2D eigenvalue weighted by Gasteiger charge is -2.08. The summed E-state index contributed by atoms with van der Waals surface area (Å²) in [5.74, 6) is 0.540. The molecule has 0 bridgehead atoms. The molecule has 1 aromatic carbocycles. The number of rotatable bonds is 1. The first kappa shape index (κ1) is 11.7. The highest BCUT2D eigenvalue weighted by Crippen LogP contribution is 2.23. The zero-order valence-electron chi connectivity index (χ0n) is 9.99. The summed E-state index contributed by atoms with van der Waals surface area (Å²) in [6, 6.07) is 8.39. The monoisotopic (exact) mass is 201 g/mol. The van der Waals surface area contributed by atoms with Gasteiger partial charge in [-0.15, -0.1) is 0 Å². The third-order valence-corrected chi connectivity index (χ3v) is 2.32. The Morgan fingerprint density at radius 1 is 1.00 bits per heavy atom. The molecule has 2 rings (SSSR count). The number of pyridine rings is 1. The van der Waals surface area contributed by atoms with E-state index in [9.17, 15) is 0 Å². The van der Waals surface area contributed by atoms with E-state index in [0.29, 0.717) is 5.92 Å². The molecule has 80 valence electrons. The van der Waals surface area contributed by atoms with Crippen molar-refractivity contribution in [3.8, 4) is 0 Å². The van der Waals surface area contributed by atoms with E-state index in [-0.39, 0.29) is 0 Å². The van der Waals surface area contributed by atoms with E-state index in [1.54, 1.807) is 0 Å². The molecule has 1 heteroatoms. The fourth-order valence-electron chi connectivity index (χ4n) is 1.60. The zero-order chi connectivity index (χ0) is 11.3. The van der Waals surface area contributed by atoms with Crippen molar-refractivity contribution in [2.75, 3.05) is 0 Å². The number of hydrogen-bond donors (Lipinski definition) is 0. The molecule has 15 heavy (non-hydrogen) atoms. The Kier molecular flexibility index (Phi) is 4.29. The average molecular weight is 201 g/mol. The van der Waals surface area contributed by atoms with E-state index in [4.69, 9.17) is 0 Å². The summed E-state index contributed by atoms with van der Waals surface area (Å²) < 4.78 is 0. The molecule has 0 aliphatic carbocycles. The van der Waals surface area contributed by atoms with Crippen LogP contribution in [0.5, 0.6) is 0 Å². The summed E-state index contributed by atoms with van der Waals surface area (Å²) in [4.78, 5) is 4.23. The van der Waals surface area contributed by atoms with Crippen LogP contribution in [-0.4, -0.2) is 4.98 Å². The molecule has 0 aliphatic rings. The lowest BCUT2D eigenvalue weighted by Crippen LogP contribution is -1.90. The van der Waals surface area contributed by atoms with Crippen LogP contribution in [0.15, 0.2) is 36.7 Å². The van der Waals surface area contributed by atoms with Gasteiger partial charge in [0.2, 0.25) is 0 Å². The molecular formula is C14H19N. The van der Waals surface area contributed by atoms with Crippen LogP contribution >= 0.6 is 0 Å². The number of benzene rings is 1. The summed E-state index contributed by atoms with van der Waals surface area (Å²) in [5, 5.41) is 2.56. The Morgan fingerprint density at radius 2 is 1.67 bits per heavy atom. The van der Waals surface area contributed by atoms with Crippen LogP contribution in [0.25, 0.3) is 10.8 Å². The fraction of sp³-hybridized carbons (Fsp3) is 0.357. The smallest absolute Gasteiger partial charge is 0.0346 e. The number of nitrogens with zero attached hydrogens (tertiary/aromatic N) is 1. The molecule has 2 aromatic rings. The van der Waals surface area contributed by atoms with Crippen LogP contribution < -0.4 is 0 Å². The second-order valence-electron chi connectivity index (χ2n) is 3.60. The van der Waals surface area contributed by atoms with Gasteiger partial charge in [-0.2, -0.15) is 0 Å². The van der Waals surface area contributed by atoms with Gasteiger partial charge in [-0.25, -0.2) is 0 Å². The van der Waals surface area contributed by atoms with Crippen LogP contribution in [-0.2, 0) is 0 Å². The topological polar surface area (TPSA) is 12.9 Å². The quantitative estimate of drug-likeness (QED) is 0.667. The zero-order valence-corrected chi connectivity index (χ0v) is 9.99. The molecule has 1 heterocycles. The minimum atomic E-state index is 0.540. The van der Waals surface area contributed by atoms with Crippen molar-refractivity contribution in [1.82, 2.24) is 4.98 Å². The number of fused-ring (bicyclic) bond motifs is 1. The molecule has 1 aromatic heterocycles. The van der Waals surface area contributed by atoms with E-state index < -0.39 is 0 Å². The number of hydrogen-bond acceptors (Lipinski definition) is 1. The van der Waals surface area contributed by atoms with Gasteiger partial charge in [0, 0.05) is 17.8 Å². The Labute approximate surface area is 92.2 Å². The second kappa shape index (κ2) is 5.50. The first-order valence-electron chi connectivity index (χ1n) is 5.61. The third kappa shape index (κ3) is 2.56. The molecule has 0 aliphatic heterocycles. The highest BCUT2D eigenvalue weighted by atomic mass is 14.6. The van der Waals surface area contributed by atoms with E-state index in [1.165, 1.54) is 16.3 Å². The SMILES string of the molecule is CC.CC(C)c1cncc2ccccc12. The lowest BCUT2D eigenvalue weighted by molar-refractivity contribution is 0.869. The molecule has 0 fully saturated rings. The van der Waals surface area contributed by atoms with Gasteiger partial charge in [-0.1, -0.05) is 52.0 Å². The van der Waals surface area contributed by atoms with Gasteiger partial charge in [0.1, 0.15) is 0 Å². The maximum absolute atomic E-state index is 4.23.